The Hall–Kier alpha value is -1.77. The van der Waals surface area contributed by atoms with Crippen molar-refractivity contribution < 1.29 is 8.78 Å². The molecule has 0 spiro atoms. The number of hydrogen-bond acceptors (Lipinski definition) is 1. The highest BCUT2D eigenvalue weighted by molar-refractivity contribution is 5.29. The summed E-state index contributed by atoms with van der Waals surface area (Å²) in [5.41, 5.74) is 2.55. The number of aromatic nitrogens is 1. The predicted octanol–water partition coefficient (Wildman–Crippen LogP) is 5.46. The standard InChI is InChI=1S/C19H23F2N/c1-2-3-4-5-6-8-15-9-7-12-22-19(15)13-16-10-11-17(20)14-18(16)21/h7,9-12,14H,2-6,8,13H2,1H3. The van der Waals surface area contributed by atoms with Crippen LogP contribution in [0, 0.1) is 11.6 Å². The van der Waals surface area contributed by atoms with Crippen LogP contribution in [0.25, 0.3) is 0 Å². The van der Waals surface area contributed by atoms with Crippen LogP contribution in [0.1, 0.15) is 55.8 Å². The summed E-state index contributed by atoms with van der Waals surface area (Å²) in [7, 11) is 0. The molecular formula is C19H23F2N. The van der Waals surface area contributed by atoms with Crippen molar-refractivity contribution in [3.05, 3.63) is 65.0 Å². The molecular weight excluding hydrogens is 280 g/mol. The van der Waals surface area contributed by atoms with Crippen molar-refractivity contribution in [1.29, 1.82) is 0 Å². The zero-order valence-electron chi connectivity index (χ0n) is 13.1. The lowest BCUT2D eigenvalue weighted by Crippen LogP contribution is -2.01. The highest BCUT2D eigenvalue weighted by Gasteiger charge is 2.09. The van der Waals surface area contributed by atoms with Crippen LogP contribution in [0.5, 0.6) is 0 Å². The third-order valence-corrected chi connectivity index (χ3v) is 3.91. The van der Waals surface area contributed by atoms with E-state index in [4.69, 9.17) is 0 Å². The van der Waals surface area contributed by atoms with E-state index in [9.17, 15) is 8.78 Å². The Morgan fingerprint density at radius 1 is 0.955 bits per heavy atom. The van der Waals surface area contributed by atoms with E-state index in [1.165, 1.54) is 43.4 Å². The second-order valence-corrected chi connectivity index (χ2v) is 5.69. The van der Waals surface area contributed by atoms with E-state index in [0.29, 0.717) is 12.0 Å². The fourth-order valence-corrected chi connectivity index (χ4v) is 2.62. The topological polar surface area (TPSA) is 12.9 Å². The van der Waals surface area contributed by atoms with Crippen molar-refractivity contribution in [2.24, 2.45) is 0 Å². The summed E-state index contributed by atoms with van der Waals surface area (Å²) in [6, 6.07) is 7.72. The van der Waals surface area contributed by atoms with Crippen molar-refractivity contribution in [3.8, 4) is 0 Å². The SMILES string of the molecule is CCCCCCCc1cccnc1Cc1ccc(F)cc1F. The molecule has 0 aliphatic rings. The molecule has 118 valence electrons. The average molecular weight is 303 g/mol. The minimum absolute atomic E-state index is 0.414. The van der Waals surface area contributed by atoms with Gasteiger partial charge in [0.1, 0.15) is 11.6 Å². The molecule has 1 nitrogen and oxygen atoms in total. The number of rotatable bonds is 8. The second kappa shape index (κ2) is 8.62. The maximum atomic E-state index is 13.8. The lowest BCUT2D eigenvalue weighted by Gasteiger charge is -2.09. The Balaban J connectivity index is 2.01. The molecule has 1 heterocycles. The number of halogens is 2. The Kier molecular flexibility index (Phi) is 6.50. The number of unbranched alkanes of at least 4 members (excludes halogenated alkanes) is 4. The van der Waals surface area contributed by atoms with Crippen LogP contribution in [-0.4, -0.2) is 4.98 Å². The number of nitrogens with zero attached hydrogens (tertiary/aromatic N) is 1. The van der Waals surface area contributed by atoms with Gasteiger partial charge in [-0.2, -0.15) is 0 Å². The first-order chi connectivity index (χ1) is 10.7. The van der Waals surface area contributed by atoms with Gasteiger partial charge in [-0.1, -0.05) is 44.7 Å². The molecule has 0 saturated carbocycles. The maximum Gasteiger partial charge on any atom is 0.129 e. The van der Waals surface area contributed by atoms with Crippen molar-refractivity contribution in [1.82, 2.24) is 4.98 Å². The van der Waals surface area contributed by atoms with Gasteiger partial charge in [0.05, 0.1) is 0 Å². The molecule has 1 aromatic heterocycles. The molecule has 0 aliphatic heterocycles. The quantitative estimate of drug-likeness (QED) is 0.590. The smallest absolute Gasteiger partial charge is 0.129 e. The Morgan fingerprint density at radius 3 is 2.55 bits per heavy atom. The van der Waals surface area contributed by atoms with E-state index >= 15 is 0 Å². The minimum Gasteiger partial charge on any atom is -0.261 e. The van der Waals surface area contributed by atoms with Gasteiger partial charge >= 0.3 is 0 Å². The van der Waals surface area contributed by atoms with Gasteiger partial charge in [0, 0.05) is 24.4 Å². The maximum absolute atomic E-state index is 13.8. The van der Waals surface area contributed by atoms with E-state index < -0.39 is 11.6 Å². The first-order valence-electron chi connectivity index (χ1n) is 8.07. The number of benzene rings is 1. The molecule has 0 bridgehead atoms. The molecule has 2 rings (SSSR count). The lowest BCUT2D eigenvalue weighted by molar-refractivity contribution is 0.573. The summed E-state index contributed by atoms with van der Waals surface area (Å²) in [4.78, 5) is 4.39. The van der Waals surface area contributed by atoms with Gasteiger partial charge in [0.2, 0.25) is 0 Å². The first kappa shape index (κ1) is 16.6. The molecule has 0 atom stereocenters. The summed E-state index contributed by atoms with van der Waals surface area (Å²) in [6.45, 7) is 2.20. The Labute approximate surface area is 131 Å². The predicted molar refractivity (Wildman–Crippen MR) is 85.9 cm³/mol. The van der Waals surface area contributed by atoms with E-state index in [0.717, 1.165) is 24.6 Å². The molecule has 22 heavy (non-hydrogen) atoms. The van der Waals surface area contributed by atoms with Crippen LogP contribution in [0.15, 0.2) is 36.5 Å². The van der Waals surface area contributed by atoms with Crippen LogP contribution in [0.2, 0.25) is 0 Å². The van der Waals surface area contributed by atoms with Gasteiger partial charge in [0.15, 0.2) is 0 Å². The summed E-state index contributed by atoms with van der Waals surface area (Å²) in [6.07, 6.45) is 9.24. The normalized spacial score (nSPS) is 10.9. The molecule has 2 aromatic rings. The van der Waals surface area contributed by atoms with Crippen LogP contribution in [-0.2, 0) is 12.8 Å². The van der Waals surface area contributed by atoms with Gasteiger partial charge in [0.25, 0.3) is 0 Å². The molecule has 0 saturated heterocycles. The first-order valence-corrected chi connectivity index (χ1v) is 8.07. The van der Waals surface area contributed by atoms with Crippen LogP contribution in [0.4, 0.5) is 8.78 Å². The minimum atomic E-state index is -0.543. The number of aryl methyl sites for hydroxylation is 1. The van der Waals surface area contributed by atoms with Gasteiger partial charge in [-0.15, -0.1) is 0 Å². The fraction of sp³-hybridized carbons (Fsp3) is 0.421. The Morgan fingerprint density at radius 2 is 1.77 bits per heavy atom. The summed E-state index contributed by atoms with van der Waals surface area (Å²) in [5.74, 6) is -1.04. The Bertz CT molecular complexity index is 596. The molecule has 0 N–H and O–H groups in total. The van der Waals surface area contributed by atoms with E-state index in [1.54, 1.807) is 6.20 Å². The third-order valence-electron chi connectivity index (χ3n) is 3.91. The fourth-order valence-electron chi connectivity index (χ4n) is 2.62. The van der Waals surface area contributed by atoms with Crippen LogP contribution >= 0.6 is 0 Å². The third kappa shape index (κ3) is 4.90. The summed E-state index contributed by atoms with van der Waals surface area (Å²) >= 11 is 0. The molecule has 0 radical (unpaired) electrons. The van der Waals surface area contributed by atoms with Crippen molar-refractivity contribution >= 4 is 0 Å². The summed E-state index contributed by atoms with van der Waals surface area (Å²) in [5, 5.41) is 0. The van der Waals surface area contributed by atoms with Gasteiger partial charge < -0.3 is 0 Å². The van der Waals surface area contributed by atoms with Gasteiger partial charge in [-0.25, -0.2) is 8.78 Å². The molecule has 0 unspecified atom stereocenters. The van der Waals surface area contributed by atoms with E-state index in [1.807, 2.05) is 6.07 Å². The molecule has 1 aromatic carbocycles. The second-order valence-electron chi connectivity index (χ2n) is 5.69. The molecule has 3 heteroatoms. The van der Waals surface area contributed by atoms with Gasteiger partial charge in [-0.05, 0) is 36.1 Å². The summed E-state index contributed by atoms with van der Waals surface area (Å²) < 4.78 is 26.8. The lowest BCUT2D eigenvalue weighted by atomic mass is 10.00. The highest BCUT2D eigenvalue weighted by Crippen LogP contribution is 2.18. The molecule has 0 amide bonds. The van der Waals surface area contributed by atoms with Crippen molar-refractivity contribution in [2.75, 3.05) is 0 Å². The van der Waals surface area contributed by atoms with E-state index in [-0.39, 0.29) is 0 Å². The average Bonchev–Trinajstić information content (AvgIpc) is 2.51. The zero-order chi connectivity index (χ0) is 15.8. The van der Waals surface area contributed by atoms with Crippen molar-refractivity contribution in [2.45, 2.75) is 51.9 Å². The highest BCUT2D eigenvalue weighted by atomic mass is 19.1. The van der Waals surface area contributed by atoms with Crippen LogP contribution < -0.4 is 0 Å². The van der Waals surface area contributed by atoms with E-state index in [2.05, 4.69) is 18.0 Å². The number of pyridine rings is 1. The monoisotopic (exact) mass is 303 g/mol. The van der Waals surface area contributed by atoms with Crippen molar-refractivity contribution in [3.63, 3.8) is 0 Å². The van der Waals surface area contributed by atoms with Crippen LogP contribution in [0.3, 0.4) is 0 Å². The number of hydrogen-bond donors (Lipinski definition) is 0. The largest absolute Gasteiger partial charge is 0.261 e. The molecule has 0 fully saturated rings. The molecule has 0 aliphatic carbocycles. The van der Waals surface area contributed by atoms with Gasteiger partial charge in [-0.3, -0.25) is 4.98 Å². The zero-order valence-corrected chi connectivity index (χ0v) is 13.1.